The lowest BCUT2D eigenvalue weighted by atomic mass is 10.1. The summed E-state index contributed by atoms with van der Waals surface area (Å²) in [6.07, 6.45) is 0.155. The summed E-state index contributed by atoms with van der Waals surface area (Å²) < 4.78 is 44.8. The van der Waals surface area contributed by atoms with Gasteiger partial charge in [-0.3, -0.25) is 4.79 Å². The fourth-order valence-electron chi connectivity index (χ4n) is 3.52. The Morgan fingerprint density at radius 2 is 1.61 bits per heavy atom. The highest BCUT2D eigenvalue weighted by molar-refractivity contribution is 7.89. The molecule has 192 valence electrons. The van der Waals surface area contributed by atoms with Gasteiger partial charge in [-0.15, -0.1) is 0 Å². The fourth-order valence-corrected chi connectivity index (χ4v) is 5.04. The van der Waals surface area contributed by atoms with E-state index in [4.69, 9.17) is 25.8 Å². The van der Waals surface area contributed by atoms with Crippen LogP contribution in [0.2, 0.25) is 5.02 Å². The Morgan fingerprint density at radius 1 is 0.917 bits per heavy atom. The van der Waals surface area contributed by atoms with Crippen LogP contribution in [0, 0.1) is 0 Å². The fraction of sp³-hybridized carbons (Fsp3) is 0.269. The minimum absolute atomic E-state index is 0.0679. The van der Waals surface area contributed by atoms with Crippen LogP contribution >= 0.6 is 11.6 Å². The predicted molar refractivity (Wildman–Crippen MR) is 138 cm³/mol. The summed E-state index contributed by atoms with van der Waals surface area (Å²) in [7, 11) is -1.00. The van der Waals surface area contributed by atoms with Crippen LogP contribution in [0.1, 0.15) is 18.1 Å². The average Bonchev–Trinajstić information content (AvgIpc) is 2.88. The maximum absolute atomic E-state index is 13.2. The lowest BCUT2D eigenvalue weighted by molar-refractivity contribution is -0.122. The van der Waals surface area contributed by atoms with E-state index in [-0.39, 0.29) is 22.9 Å². The zero-order chi connectivity index (χ0) is 26.1. The molecule has 0 aromatic heterocycles. The van der Waals surface area contributed by atoms with Gasteiger partial charge >= 0.3 is 0 Å². The van der Waals surface area contributed by atoms with Gasteiger partial charge in [-0.1, -0.05) is 48.0 Å². The molecule has 2 N–H and O–H groups in total. The van der Waals surface area contributed by atoms with Crippen molar-refractivity contribution >= 4 is 27.5 Å². The van der Waals surface area contributed by atoms with Crippen LogP contribution in [-0.4, -0.2) is 41.2 Å². The van der Waals surface area contributed by atoms with Crippen LogP contribution in [-0.2, 0) is 27.8 Å². The van der Waals surface area contributed by atoms with Crippen molar-refractivity contribution in [2.45, 2.75) is 30.8 Å². The molecule has 0 radical (unpaired) electrons. The van der Waals surface area contributed by atoms with E-state index < -0.39 is 22.0 Å². The van der Waals surface area contributed by atoms with E-state index in [9.17, 15) is 13.2 Å². The van der Waals surface area contributed by atoms with Crippen LogP contribution in [0.25, 0.3) is 0 Å². The largest absolute Gasteiger partial charge is 0.493 e. The predicted octanol–water partition coefficient (Wildman–Crippen LogP) is 3.96. The van der Waals surface area contributed by atoms with E-state index in [1.54, 1.807) is 25.1 Å². The van der Waals surface area contributed by atoms with Crippen molar-refractivity contribution < 1.29 is 27.4 Å². The third-order valence-electron chi connectivity index (χ3n) is 5.32. The van der Waals surface area contributed by atoms with Gasteiger partial charge in [0, 0.05) is 6.54 Å². The molecular weight excluding hydrogens is 504 g/mol. The zero-order valence-electron chi connectivity index (χ0n) is 20.3. The number of benzene rings is 3. The summed E-state index contributed by atoms with van der Waals surface area (Å²) in [5, 5.41) is 2.98. The molecule has 8 nitrogen and oxygen atoms in total. The third-order valence-corrected chi connectivity index (χ3v) is 7.09. The highest BCUT2D eigenvalue weighted by atomic mass is 35.5. The number of halogens is 1. The highest BCUT2D eigenvalue weighted by Crippen LogP contribution is 2.28. The third kappa shape index (κ3) is 7.13. The van der Waals surface area contributed by atoms with Gasteiger partial charge in [0.15, 0.2) is 11.5 Å². The molecule has 3 aromatic rings. The zero-order valence-corrected chi connectivity index (χ0v) is 21.9. The molecule has 0 saturated heterocycles. The Morgan fingerprint density at radius 3 is 2.25 bits per heavy atom. The topological polar surface area (TPSA) is 103 Å². The Balaban J connectivity index is 1.81. The summed E-state index contributed by atoms with van der Waals surface area (Å²) in [4.78, 5) is 13.1. The first-order chi connectivity index (χ1) is 17.3. The first-order valence-corrected chi connectivity index (χ1v) is 13.1. The molecule has 1 unspecified atom stereocenters. The average molecular weight is 533 g/mol. The Hall–Kier alpha value is -3.27. The van der Waals surface area contributed by atoms with Crippen molar-refractivity contribution in [2.75, 3.05) is 20.8 Å². The SMILES string of the molecule is CCOc1ccc(S(=O)(=O)NC(Cc2ccccc2)C(=O)NCc2ccc(OC)c(OC)c2)cc1Cl. The van der Waals surface area contributed by atoms with Crippen LogP contribution in [0.15, 0.2) is 71.6 Å². The molecule has 0 fully saturated rings. The van der Waals surface area contributed by atoms with E-state index in [0.717, 1.165) is 11.1 Å². The lowest BCUT2D eigenvalue weighted by Crippen LogP contribution is -2.47. The molecule has 1 amide bonds. The van der Waals surface area contributed by atoms with Crippen LogP contribution < -0.4 is 24.2 Å². The number of carbonyl (C=O) groups excluding carboxylic acids is 1. The molecule has 10 heteroatoms. The molecule has 3 aromatic carbocycles. The monoisotopic (exact) mass is 532 g/mol. The number of ether oxygens (including phenoxy) is 3. The summed E-state index contributed by atoms with van der Waals surface area (Å²) >= 11 is 6.19. The van der Waals surface area contributed by atoms with E-state index in [0.29, 0.717) is 23.9 Å². The number of sulfonamides is 1. The second kappa shape index (κ2) is 12.6. The summed E-state index contributed by atoms with van der Waals surface area (Å²) in [6.45, 7) is 2.36. The first-order valence-electron chi connectivity index (χ1n) is 11.2. The molecular formula is C26H29ClN2O6S. The van der Waals surface area contributed by atoms with E-state index >= 15 is 0 Å². The Kier molecular flexibility index (Phi) is 9.58. The quantitative estimate of drug-likeness (QED) is 0.366. The molecule has 0 bridgehead atoms. The van der Waals surface area contributed by atoms with Crippen molar-refractivity contribution in [3.05, 3.63) is 82.9 Å². The maximum atomic E-state index is 13.2. The molecule has 36 heavy (non-hydrogen) atoms. The van der Waals surface area contributed by atoms with Crippen molar-refractivity contribution in [1.82, 2.24) is 10.0 Å². The van der Waals surface area contributed by atoms with Gasteiger partial charge in [0.25, 0.3) is 0 Å². The van der Waals surface area contributed by atoms with Crippen LogP contribution in [0.5, 0.6) is 17.2 Å². The van der Waals surface area contributed by atoms with Crippen molar-refractivity contribution in [2.24, 2.45) is 0 Å². The number of methoxy groups -OCH3 is 2. The smallest absolute Gasteiger partial charge is 0.241 e. The van der Waals surface area contributed by atoms with E-state index in [1.807, 2.05) is 30.3 Å². The molecule has 0 saturated carbocycles. The normalized spacial score (nSPS) is 12.0. The Bertz CT molecular complexity index is 1280. The van der Waals surface area contributed by atoms with Gasteiger partial charge < -0.3 is 19.5 Å². The highest BCUT2D eigenvalue weighted by Gasteiger charge is 2.27. The molecule has 3 rings (SSSR count). The standard InChI is InChI=1S/C26H29ClN2O6S/c1-4-35-23-13-11-20(16-21(23)27)36(31,32)29-22(14-18-8-6-5-7-9-18)26(30)28-17-19-10-12-24(33-2)25(15-19)34-3/h5-13,15-16,22,29H,4,14,17H2,1-3H3,(H,28,30). The van der Waals surface area contributed by atoms with Gasteiger partial charge in [0.05, 0.1) is 30.7 Å². The van der Waals surface area contributed by atoms with Gasteiger partial charge in [-0.2, -0.15) is 4.72 Å². The lowest BCUT2D eigenvalue weighted by Gasteiger charge is -2.19. The molecule has 0 aliphatic heterocycles. The molecule has 1 atom stereocenters. The molecule has 0 aliphatic rings. The summed E-state index contributed by atoms with van der Waals surface area (Å²) in [5.74, 6) is 0.996. The second-order valence-corrected chi connectivity index (χ2v) is 9.92. The molecule has 0 aliphatic carbocycles. The number of hydrogen-bond acceptors (Lipinski definition) is 6. The minimum Gasteiger partial charge on any atom is -0.493 e. The second-order valence-electron chi connectivity index (χ2n) is 7.80. The maximum Gasteiger partial charge on any atom is 0.241 e. The van der Waals surface area contributed by atoms with Crippen LogP contribution in [0.3, 0.4) is 0 Å². The van der Waals surface area contributed by atoms with Gasteiger partial charge in [0.1, 0.15) is 11.8 Å². The number of nitrogens with one attached hydrogen (secondary N) is 2. The van der Waals surface area contributed by atoms with Gasteiger partial charge in [-0.05, 0) is 54.8 Å². The molecule has 0 spiro atoms. The Labute approximate surface area is 216 Å². The summed E-state index contributed by atoms with van der Waals surface area (Å²) in [6, 6.07) is 17.6. The minimum atomic E-state index is -4.07. The van der Waals surface area contributed by atoms with E-state index in [1.165, 1.54) is 32.4 Å². The van der Waals surface area contributed by atoms with Gasteiger partial charge in [0.2, 0.25) is 15.9 Å². The van der Waals surface area contributed by atoms with Crippen molar-refractivity contribution in [3.8, 4) is 17.2 Å². The van der Waals surface area contributed by atoms with Crippen molar-refractivity contribution in [1.29, 1.82) is 0 Å². The number of carbonyl (C=O) groups is 1. The number of rotatable bonds is 12. The number of hydrogen-bond donors (Lipinski definition) is 2. The van der Waals surface area contributed by atoms with Crippen LogP contribution in [0.4, 0.5) is 0 Å². The van der Waals surface area contributed by atoms with E-state index in [2.05, 4.69) is 10.0 Å². The summed E-state index contributed by atoms with van der Waals surface area (Å²) in [5.41, 5.74) is 1.57. The number of amides is 1. The van der Waals surface area contributed by atoms with Gasteiger partial charge in [-0.25, -0.2) is 8.42 Å². The first kappa shape index (κ1) is 27.3. The van der Waals surface area contributed by atoms with Crippen molar-refractivity contribution in [3.63, 3.8) is 0 Å². The molecule has 0 heterocycles.